The van der Waals surface area contributed by atoms with Crippen molar-refractivity contribution in [1.82, 2.24) is 9.97 Å². The number of benzene rings is 3. The molecule has 1 atom stereocenters. The van der Waals surface area contributed by atoms with Gasteiger partial charge in [-0.1, -0.05) is 67.4 Å². The highest BCUT2D eigenvalue weighted by Crippen LogP contribution is 2.33. The number of Topliss-reactive ketones (excluding diaryl/α,β-unsaturated/α-hetero) is 2. The van der Waals surface area contributed by atoms with Crippen molar-refractivity contribution >= 4 is 56.6 Å². The monoisotopic (exact) mass is 618 g/mol. The zero-order valence-electron chi connectivity index (χ0n) is 25.6. The number of carbonyl (C=O) groups is 4. The summed E-state index contributed by atoms with van der Waals surface area (Å²) in [5.41, 5.74) is -1.04. The Kier molecular flexibility index (Phi) is 10.2. The zero-order valence-corrected chi connectivity index (χ0v) is 25.6. The number of rotatable bonds is 14. The molecule has 2 amide bonds. The minimum atomic E-state index is -3.07. The molecule has 46 heavy (non-hydrogen) atoms. The van der Waals surface area contributed by atoms with Gasteiger partial charge in [-0.15, -0.1) is 0 Å². The van der Waals surface area contributed by atoms with E-state index in [1.165, 1.54) is 24.3 Å². The number of para-hydroxylation sites is 2. The SMILES string of the molecule is CC(=O)CCCCCCC(=O)Nc1ccc(C(F)(C(=O)Cc2cccc3cccnc23)C(=O)Nc2cccc3cccnc23)cc1. The van der Waals surface area contributed by atoms with E-state index in [1.807, 2.05) is 24.3 Å². The van der Waals surface area contributed by atoms with E-state index in [2.05, 4.69) is 20.6 Å². The van der Waals surface area contributed by atoms with Crippen LogP contribution in [-0.4, -0.2) is 33.3 Å². The first-order valence-electron chi connectivity index (χ1n) is 15.4. The summed E-state index contributed by atoms with van der Waals surface area (Å²) in [6.45, 7) is 1.57. The molecule has 2 aromatic heterocycles. The van der Waals surface area contributed by atoms with Gasteiger partial charge in [0.05, 0.1) is 16.7 Å². The highest BCUT2D eigenvalue weighted by atomic mass is 19.1. The molecule has 8 nitrogen and oxygen atoms in total. The third-order valence-corrected chi connectivity index (χ3v) is 7.89. The highest BCUT2D eigenvalue weighted by molar-refractivity contribution is 6.17. The molecule has 0 aliphatic heterocycles. The summed E-state index contributed by atoms with van der Waals surface area (Å²) in [4.78, 5) is 60.0. The quantitative estimate of drug-likeness (QED) is 0.0999. The summed E-state index contributed by atoms with van der Waals surface area (Å²) in [6, 6.07) is 23.3. The Bertz CT molecular complexity index is 1790. The number of nitrogens with zero attached hydrogens (tertiary/aromatic N) is 2. The van der Waals surface area contributed by atoms with E-state index in [9.17, 15) is 19.2 Å². The number of carbonyl (C=O) groups excluding carboxylic acids is 4. The van der Waals surface area contributed by atoms with E-state index in [0.717, 1.165) is 30.0 Å². The van der Waals surface area contributed by atoms with Gasteiger partial charge in [0.2, 0.25) is 5.91 Å². The molecule has 0 aliphatic rings. The van der Waals surface area contributed by atoms with Crippen LogP contribution >= 0.6 is 0 Å². The molecule has 3 aromatic carbocycles. The molecule has 0 radical (unpaired) electrons. The number of hydrogen-bond acceptors (Lipinski definition) is 6. The number of fused-ring (bicyclic) bond motifs is 2. The summed E-state index contributed by atoms with van der Waals surface area (Å²) in [5.74, 6) is -2.15. The Morgan fingerprint density at radius 3 is 2.00 bits per heavy atom. The van der Waals surface area contributed by atoms with Crippen LogP contribution in [0.5, 0.6) is 0 Å². The van der Waals surface area contributed by atoms with Crippen LogP contribution in [0.25, 0.3) is 21.8 Å². The number of halogens is 1. The van der Waals surface area contributed by atoms with E-state index in [-0.39, 0.29) is 29.4 Å². The van der Waals surface area contributed by atoms with E-state index >= 15 is 4.39 Å². The van der Waals surface area contributed by atoms with Crippen LogP contribution in [0.1, 0.15) is 56.6 Å². The summed E-state index contributed by atoms with van der Waals surface area (Å²) in [6.07, 6.45) is 6.83. The third-order valence-electron chi connectivity index (χ3n) is 7.89. The Morgan fingerprint density at radius 2 is 1.30 bits per heavy atom. The lowest BCUT2D eigenvalue weighted by Crippen LogP contribution is -2.44. The standard InChI is InChI=1S/C37H35FN4O4/c1-25(43)10-4-2-3-5-17-33(45)41-30-20-18-29(19-21-30)37(38,32(44)24-28-13-6-11-26-14-8-22-39-34(26)28)36(46)42-31-16-7-12-27-15-9-23-40-35(27)31/h6-9,11-16,18-23H,2-5,10,17,24H2,1H3,(H,41,45)(H,42,46). The molecule has 5 aromatic rings. The van der Waals surface area contributed by atoms with E-state index < -0.39 is 17.4 Å². The molecule has 0 saturated heterocycles. The normalized spacial score (nSPS) is 12.4. The third kappa shape index (κ3) is 7.48. The van der Waals surface area contributed by atoms with Crippen LogP contribution in [0.2, 0.25) is 0 Å². The average Bonchev–Trinajstić information content (AvgIpc) is 3.06. The fraction of sp³-hybridized carbons (Fsp3) is 0.243. The van der Waals surface area contributed by atoms with Gasteiger partial charge >= 0.3 is 0 Å². The Labute approximate surface area is 266 Å². The van der Waals surface area contributed by atoms with E-state index in [1.54, 1.807) is 55.7 Å². The van der Waals surface area contributed by atoms with Gasteiger partial charge in [-0.25, -0.2) is 4.39 Å². The largest absolute Gasteiger partial charge is 0.326 e. The molecule has 0 aliphatic carbocycles. The lowest BCUT2D eigenvalue weighted by molar-refractivity contribution is -0.141. The smallest absolute Gasteiger partial charge is 0.274 e. The number of ketones is 2. The summed E-state index contributed by atoms with van der Waals surface area (Å²) in [5, 5.41) is 6.94. The Hall–Kier alpha value is -5.31. The van der Waals surface area contributed by atoms with Crippen molar-refractivity contribution in [3.8, 4) is 0 Å². The number of pyridine rings is 2. The lowest BCUT2D eigenvalue weighted by Gasteiger charge is -2.24. The van der Waals surface area contributed by atoms with Gasteiger partial charge < -0.3 is 15.4 Å². The number of unbranched alkanes of at least 4 members (excludes halogenated alkanes) is 3. The first-order chi connectivity index (χ1) is 22.3. The van der Waals surface area contributed by atoms with Gasteiger partial charge in [-0.3, -0.25) is 24.4 Å². The highest BCUT2D eigenvalue weighted by Gasteiger charge is 2.48. The number of hydrogen-bond donors (Lipinski definition) is 2. The van der Waals surface area contributed by atoms with Crippen molar-refractivity contribution in [2.45, 2.75) is 57.5 Å². The first-order valence-corrected chi connectivity index (χ1v) is 15.4. The Balaban J connectivity index is 1.37. The second-order valence-corrected chi connectivity index (χ2v) is 11.3. The van der Waals surface area contributed by atoms with E-state index in [4.69, 9.17) is 0 Å². The van der Waals surface area contributed by atoms with Crippen molar-refractivity contribution in [3.05, 3.63) is 108 Å². The van der Waals surface area contributed by atoms with Crippen molar-refractivity contribution in [2.24, 2.45) is 0 Å². The molecule has 9 heteroatoms. The number of amides is 2. The van der Waals surface area contributed by atoms with E-state index in [0.29, 0.717) is 41.5 Å². The maximum Gasteiger partial charge on any atom is 0.274 e. The number of aromatic nitrogens is 2. The van der Waals surface area contributed by atoms with Gasteiger partial charge in [0.15, 0.2) is 5.78 Å². The predicted molar refractivity (Wildman–Crippen MR) is 177 cm³/mol. The Morgan fingerprint density at radius 1 is 0.696 bits per heavy atom. The molecule has 0 bridgehead atoms. The van der Waals surface area contributed by atoms with Crippen LogP contribution in [0.3, 0.4) is 0 Å². The molecule has 1 unspecified atom stereocenters. The van der Waals surface area contributed by atoms with Crippen LogP contribution in [0.15, 0.2) is 97.3 Å². The molecule has 234 valence electrons. The molecular weight excluding hydrogens is 583 g/mol. The van der Waals surface area contributed by atoms with Crippen LogP contribution in [0.4, 0.5) is 15.8 Å². The average molecular weight is 619 g/mol. The van der Waals surface area contributed by atoms with Gasteiger partial charge in [0, 0.05) is 53.7 Å². The summed E-state index contributed by atoms with van der Waals surface area (Å²) in [7, 11) is 0. The van der Waals surface area contributed by atoms with Gasteiger partial charge in [0.1, 0.15) is 5.78 Å². The maximum atomic E-state index is 17.3. The summed E-state index contributed by atoms with van der Waals surface area (Å²) < 4.78 is 17.3. The predicted octanol–water partition coefficient (Wildman–Crippen LogP) is 7.27. The van der Waals surface area contributed by atoms with Gasteiger partial charge in [-0.05, 0) is 55.7 Å². The first kappa shape index (κ1) is 32.1. The molecule has 0 spiro atoms. The molecule has 5 rings (SSSR count). The van der Waals surface area contributed by atoms with Crippen LogP contribution < -0.4 is 10.6 Å². The topological polar surface area (TPSA) is 118 Å². The number of anilines is 2. The van der Waals surface area contributed by atoms with Crippen molar-refractivity contribution in [2.75, 3.05) is 10.6 Å². The maximum absolute atomic E-state index is 17.3. The van der Waals surface area contributed by atoms with Gasteiger partial charge in [0.25, 0.3) is 11.6 Å². The molecular formula is C37H35FN4O4. The minimum absolute atomic E-state index is 0.161. The van der Waals surface area contributed by atoms with Crippen molar-refractivity contribution < 1.29 is 23.6 Å². The van der Waals surface area contributed by atoms with Crippen LogP contribution in [0, 0.1) is 0 Å². The van der Waals surface area contributed by atoms with Crippen LogP contribution in [-0.2, 0) is 31.3 Å². The fourth-order valence-electron chi connectivity index (χ4n) is 5.46. The van der Waals surface area contributed by atoms with Gasteiger partial charge in [-0.2, -0.15) is 0 Å². The van der Waals surface area contributed by atoms with Crippen molar-refractivity contribution in [3.63, 3.8) is 0 Å². The second kappa shape index (κ2) is 14.6. The zero-order chi connectivity index (χ0) is 32.5. The fourth-order valence-corrected chi connectivity index (χ4v) is 5.46. The lowest BCUT2D eigenvalue weighted by atomic mass is 9.86. The number of alkyl halides is 1. The molecule has 0 fully saturated rings. The summed E-state index contributed by atoms with van der Waals surface area (Å²) >= 11 is 0. The molecule has 2 N–H and O–H groups in total. The van der Waals surface area contributed by atoms with Crippen molar-refractivity contribution in [1.29, 1.82) is 0 Å². The molecule has 0 saturated carbocycles. The number of nitrogens with one attached hydrogen (secondary N) is 2. The second-order valence-electron chi connectivity index (χ2n) is 11.3. The minimum Gasteiger partial charge on any atom is -0.326 e. The molecule has 2 heterocycles.